The molecule has 2 heterocycles. The summed E-state index contributed by atoms with van der Waals surface area (Å²) in [6, 6.07) is 9.36. The van der Waals surface area contributed by atoms with Crippen LogP contribution in [-0.2, 0) is 4.79 Å². The zero-order chi connectivity index (χ0) is 19.4. The molecular formula is C20H27N5O2. The highest BCUT2D eigenvalue weighted by molar-refractivity contribution is 5.95. The molecule has 0 bridgehead atoms. The molecule has 1 aliphatic heterocycles. The molecule has 7 heteroatoms. The highest BCUT2D eigenvalue weighted by Gasteiger charge is 2.38. The lowest BCUT2D eigenvalue weighted by molar-refractivity contribution is -0.125. The predicted molar refractivity (Wildman–Crippen MR) is 108 cm³/mol. The zero-order valence-corrected chi connectivity index (χ0v) is 16.4. The Morgan fingerprint density at radius 3 is 2.67 bits per heavy atom. The fourth-order valence-electron chi connectivity index (χ4n) is 3.33. The van der Waals surface area contributed by atoms with E-state index >= 15 is 0 Å². The van der Waals surface area contributed by atoms with Gasteiger partial charge in [0.25, 0.3) is 0 Å². The van der Waals surface area contributed by atoms with Gasteiger partial charge in [-0.1, -0.05) is 0 Å². The second-order valence-electron chi connectivity index (χ2n) is 7.40. The normalized spacial score (nSPS) is 19.5. The van der Waals surface area contributed by atoms with Gasteiger partial charge in [-0.2, -0.15) is 0 Å². The molecule has 0 saturated carbocycles. The first kappa shape index (κ1) is 18.9. The topological polar surface area (TPSA) is 70.6 Å². The summed E-state index contributed by atoms with van der Waals surface area (Å²) >= 11 is 0. The smallest absolute Gasteiger partial charge is 0.232 e. The summed E-state index contributed by atoms with van der Waals surface area (Å²) in [6.07, 6.45) is 3.36. The SMILES string of the molecule is COc1ccc(NC(=O)C2(C)CCCN(c3cc(N(C)C)ncn3)C2)cc1. The van der Waals surface area contributed by atoms with E-state index in [1.54, 1.807) is 13.4 Å². The number of benzene rings is 1. The van der Waals surface area contributed by atoms with Crippen LogP contribution in [0.1, 0.15) is 19.8 Å². The Morgan fingerprint density at radius 1 is 1.26 bits per heavy atom. The maximum absolute atomic E-state index is 13.0. The van der Waals surface area contributed by atoms with Gasteiger partial charge in [-0.05, 0) is 44.0 Å². The quantitative estimate of drug-likeness (QED) is 0.874. The van der Waals surface area contributed by atoms with Gasteiger partial charge in [0.1, 0.15) is 23.7 Å². The molecule has 1 atom stereocenters. The van der Waals surface area contributed by atoms with Crippen molar-refractivity contribution < 1.29 is 9.53 Å². The van der Waals surface area contributed by atoms with Crippen LogP contribution in [0.5, 0.6) is 5.75 Å². The molecule has 3 rings (SSSR count). The number of nitrogens with zero attached hydrogens (tertiary/aromatic N) is 4. The van der Waals surface area contributed by atoms with Crippen LogP contribution >= 0.6 is 0 Å². The van der Waals surface area contributed by atoms with Crippen molar-refractivity contribution in [2.24, 2.45) is 5.41 Å². The second kappa shape index (κ2) is 7.82. The Kier molecular flexibility index (Phi) is 5.48. The molecule has 1 unspecified atom stereocenters. The summed E-state index contributed by atoms with van der Waals surface area (Å²) in [6.45, 7) is 3.53. The average Bonchev–Trinajstić information content (AvgIpc) is 2.68. The molecule has 1 N–H and O–H groups in total. The van der Waals surface area contributed by atoms with E-state index in [2.05, 4.69) is 20.2 Å². The molecular weight excluding hydrogens is 342 g/mol. The summed E-state index contributed by atoms with van der Waals surface area (Å²) in [5, 5.41) is 3.04. The fraction of sp³-hybridized carbons (Fsp3) is 0.450. The average molecular weight is 369 g/mol. The molecule has 1 amide bonds. The van der Waals surface area contributed by atoms with Crippen molar-refractivity contribution in [2.75, 3.05) is 49.4 Å². The number of carbonyl (C=O) groups is 1. The molecule has 0 radical (unpaired) electrons. The van der Waals surface area contributed by atoms with Gasteiger partial charge in [0.05, 0.1) is 12.5 Å². The number of anilines is 3. The lowest BCUT2D eigenvalue weighted by Gasteiger charge is -2.40. The third-order valence-electron chi connectivity index (χ3n) is 5.01. The van der Waals surface area contributed by atoms with Crippen molar-refractivity contribution in [3.63, 3.8) is 0 Å². The van der Waals surface area contributed by atoms with E-state index < -0.39 is 5.41 Å². The van der Waals surface area contributed by atoms with Crippen LogP contribution in [0.3, 0.4) is 0 Å². The van der Waals surface area contributed by atoms with E-state index in [1.807, 2.05) is 56.3 Å². The molecule has 7 nitrogen and oxygen atoms in total. The second-order valence-corrected chi connectivity index (χ2v) is 7.40. The van der Waals surface area contributed by atoms with Crippen molar-refractivity contribution in [1.29, 1.82) is 0 Å². The first-order valence-corrected chi connectivity index (χ1v) is 9.11. The third kappa shape index (κ3) is 4.30. The van der Waals surface area contributed by atoms with E-state index in [9.17, 15) is 4.79 Å². The van der Waals surface area contributed by atoms with E-state index in [1.165, 1.54) is 0 Å². The molecule has 0 spiro atoms. The van der Waals surface area contributed by atoms with Gasteiger partial charge in [0.15, 0.2) is 0 Å². The lowest BCUT2D eigenvalue weighted by atomic mass is 9.81. The summed E-state index contributed by atoms with van der Waals surface area (Å²) in [4.78, 5) is 25.8. The minimum Gasteiger partial charge on any atom is -0.497 e. The molecule has 1 aromatic carbocycles. The van der Waals surface area contributed by atoms with Crippen LogP contribution in [0.15, 0.2) is 36.7 Å². The minimum absolute atomic E-state index is 0.0271. The number of rotatable bonds is 5. The highest BCUT2D eigenvalue weighted by atomic mass is 16.5. The number of carbonyl (C=O) groups excluding carboxylic acids is 1. The molecule has 144 valence electrons. The minimum atomic E-state index is -0.485. The fourth-order valence-corrected chi connectivity index (χ4v) is 3.33. The number of amides is 1. The van der Waals surface area contributed by atoms with Gasteiger partial charge in [0, 0.05) is 38.9 Å². The Labute approximate surface area is 160 Å². The van der Waals surface area contributed by atoms with Gasteiger partial charge in [-0.15, -0.1) is 0 Å². The number of ether oxygens (including phenoxy) is 1. The first-order chi connectivity index (χ1) is 12.9. The van der Waals surface area contributed by atoms with Gasteiger partial charge in [-0.25, -0.2) is 9.97 Å². The van der Waals surface area contributed by atoms with Gasteiger partial charge in [-0.3, -0.25) is 4.79 Å². The van der Waals surface area contributed by atoms with E-state index in [4.69, 9.17) is 4.74 Å². The van der Waals surface area contributed by atoms with Gasteiger partial charge < -0.3 is 19.9 Å². The molecule has 1 fully saturated rings. The van der Waals surface area contributed by atoms with Crippen LogP contribution in [0.2, 0.25) is 0 Å². The van der Waals surface area contributed by atoms with Crippen molar-refractivity contribution in [3.05, 3.63) is 36.7 Å². The Bertz CT molecular complexity index is 793. The lowest BCUT2D eigenvalue weighted by Crippen LogP contribution is -2.48. The Balaban J connectivity index is 1.72. The summed E-state index contributed by atoms with van der Waals surface area (Å²) in [7, 11) is 5.53. The number of nitrogens with one attached hydrogen (secondary N) is 1. The molecule has 27 heavy (non-hydrogen) atoms. The van der Waals surface area contributed by atoms with Crippen LogP contribution in [0.25, 0.3) is 0 Å². The van der Waals surface area contributed by atoms with Gasteiger partial charge in [0.2, 0.25) is 5.91 Å². The van der Waals surface area contributed by atoms with E-state index in [0.29, 0.717) is 6.54 Å². The molecule has 1 saturated heterocycles. The number of aromatic nitrogens is 2. The van der Waals surface area contributed by atoms with Crippen LogP contribution in [-0.4, -0.2) is 50.2 Å². The summed E-state index contributed by atoms with van der Waals surface area (Å²) in [5.74, 6) is 2.51. The number of methoxy groups -OCH3 is 1. The molecule has 2 aromatic rings. The van der Waals surface area contributed by atoms with Crippen molar-refractivity contribution in [3.8, 4) is 5.75 Å². The van der Waals surface area contributed by atoms with Gasteiger partial charge >= 0.3 is 0 Å². The number of piperidine rings is 1. The van der Waals surface area contributed by atoms with E-state index in [-0.39, 0.29) is 5.91 Å². The van der Waals surface area contributed by atoms with Crippen molar-refractivity contribution >= 4 is 23.2 Å². The van der Waals surface area contributed by atoms with Crippen LogP contribution in [0.4, 0.5) is 17.3 Å². The molecule has 1 aromatic heterocycles. The van der Waals surface area contributed by atoms with Crippen LogP contribution in [0, 0.1) is 5.41 Å². The van der Waals surface area contributed by atoms with Crippen LogP contribution < -0.4 is 19.9 Å². The maximum atomic E-state index is 13.0. The third-order valence-corrected chi connectivity index (χ3v) is 5.01. The maximum Gasteiger partial charge on any atom is 0.232 e. The zero-order valence-electron chi connectivity index (χ0n) is 16.4. The monoisotopic (exact) mass is 369 g/mol. The van der Waals surface area contributed by atoms with E-state index in [0.717, 1.165) is 42.5 Å². The molecule has 1 aliphatic rings. The predicted octanol–water partition coefficient (Wildman–Crippen LogP) is 2.80. The Morgan fingerprint density at radius 2 is 2.00 bits per heavy atom. The standard InChI is InChI=1S/C20H27N5O2/c1-20(19(26)23-15-6-8-16(27-4)9-7-15)10-5-11-25(13-20)18-12-17(24(2)3)21-14-22-18/h6-9,12,14H,5,10-11,13H2,1-4H3,(H,23,26). The highest BCUT2D eigenvalue weighted by Crippen LogP contribution is 2.33. The summed E-state index contributed by atoms with van der Waals surface area (Å²) in [5.41, 5.74) is 0.289. The largest absolute Gasteiger partial charge is 0.497 e. The number of hydrogen-bond donors (Lipinski definition) is 1. The number of hydrogen-bond acceptors (Lipinski definition) is 6. The Hall–Kier alpha value is -2.83. The summed E-state index contributed by atoms with van der Waals surface area (Å²) < 4.78 is 5.16. The van der Waals surface area contributed by atoms with Crippen molar-refractivity contribution in [2.45, 2.75) is 19.8 Å². The first-order valence-electron chi connectivity index (χ1n) is 9.11. The molecule has 0 aliphatic carbocycles. The van der Waals surface area contributed by atoms with Crippen molar-refractivity contribution in [1.82, 2.24) is 9.97 Å².